The quantitative estimate of drug-likeness (QED) is 0.868. The number of halogens is 2. The van der Waals surface area contributed by atoms with Gasteiger partial charge in [-0.2, -0.15) is 0 Å². The molecule has 0 saturated carbocycles. The maximum atomic E-state index is 13.4. The number of nitrogens with zero attached hydrogens (tertiary/aromatic N) is 1. The molecule has 0 aliphatic rings. The highest BCUT2D eigenvalue weighted by atomic mass is 79.9. The highest BCUT2D eigenvalue weighted by molar-refractivity contribution is 9.10. The predicted molar refractivity (Wildman–Crippen MR) is 85.0 cm³/mol. The number of rotatable bonds is 4. The standard InChI is InChI=1S/C16H18BrFN2O/c1-16(2,3)20-9-11-7-13(18)10-19-15(11)21-14-6-4-5-12(17)8-14/h4-8,10,20H,9H2,1-3H3. The third-order valence-corrected chi connectivity index (χ3v) is 3.20. The van der Waals surface area contributed by atoms with Crippen molar-refractivity contribution < 1.29 is 9.13 Å². The van der Waals surface area contributed by atoms with Crippen LogP contribution in [-0.4, -0.2) is 10.5 Å². The van der Waals surface area contributed by atoms with E-state index in [1.807, 2.05) is 24.3 Å². The SMILES string of the molecule is CC(C)(C)NCc1cc(F)cnc1Oc1cccc(Br)c1. The van der Waals surface area contributed by atoms with E-state index in [1.54, 1.807) is 0 Å². The van der Waals surface area contributed by atoms with Crippen molar-refractivity contribution in [2.24, 2.45) is 0 Å². The van der Waals surface area contributed by atoms with E-state index in [2.05, 4.69) is 47.0 Å². The van der Waals surface area contributed by atoms with Gasteiger partial charge in [-0.05, 0) is 45.0 Å². The Morgan fingerprint density at radius 3 is 2.71 bits per heavy atom. The fourth-order valence-electron chi connectivity index (χ4n) is 1.69. The van der Waals surface area contributed by atoms with Gasteiger partial charge in [0.25, 0.3) is 0 Å². The largest absolute Gasteiger partial charge is 0.439 e. The summed E-state index contributed by atoms with van der Waals surface area (Å²) < 4.78 is 20.1. The number of ether oxygens (including phenoxy) is 1. The minimum atomic E-state index is -0.373. The van der Waals surface area contributed by atoms with Gasteiger partial charge in [0.1, 0.15) is 11.6 Å². The average molecular weight is 353 g/mol. The van der Waals surface area contributed by atoms with E-state index in [0.29, 0.717) is 23.7 Å². The molecule has 0 aliphatic heterocycles. The Kier molecular flexibility index (Phi) is 4.96. The van der Waals surface area contributed by atoms with E-state index in [9.17, 15) is 4.39 Å². The van der Waals surface area contributed by atoms with Crippen LogP contribution in [0.3, 0.4) is 0 Å². The molecule has 1 heterocycles. The van der Waals surface area contributed by atoms with Crippen LogP contribution in [0.2, 0.25) is 0 Å². The van der Waals surface area contributed by atoms with Gasteiger partial charge in [0.2, 0.25) is 5.88 Å². The zero-order valence-corrected chi connectivity index (χ0v) is 13.9. The smallest absolute Gasteiger partial charge is 0.223 e. The number of hydrogen-bond donors (Lipinski definition) is 1. The molecule has 2 aromatic rings. The van der Waals surface area contributed by atoms with E-state index in [0.717, 1.165) is 10.7 Å². The molecule has 1 aromatic carbocycles. The van der Waals surface area contributed by atoms with Crippen LogP contribution in [0.5, 0.6) is 11.6 Å². The van der Waals surface area contributed by atoms with Gasteiger partial charge < -0.3 is 10.1 Å². The van der Waals surface area contributed by atoms with Crippen molar-refractivity contribution in [2.75, 3.05) is 0 Å². The highest BCUT2D eigenvalue weighted by Gasteiger charge is 2.13. The molecule has 2 rings (SSSR count). The summed E-state index contributed by atoms with van der Waals surface area (Å²) >= 11 is 3.39. The van der Waals surface area contributed by atoms with Crippen LogP contribution in [-0.2, 0) is 6.54 Å². The topological polar surface area (TPSA) is 34.2 Å². The number of hydrogen-bond acceptors (Lipinski definition) is 3. The van der Waals surface area contributed by atoms with Gasteiger partial charge in [-0.25, -0.2) is 9.37 Å². The van der Waals surface area contributed by atoms with Gasteiger partial charge in [0.05, 0.1) is 6.20 Å². The van der Waals surface area contributed by atoms with Gasteiger partial charge >= 0.3 is 0 Å². The Balaban J connectivity index is 2.22. The molecule has 0 fully saturated rings. The minimum absolute atomic E-state index is 0.0701. The van der Waals surface area contributed by atoms with Gasteiger partial charge in [-0.15, -0.1) is 0 Å². The third kappa shape index (κ3) is 5.10. The Morgan fingerprint density at radius 2 is 2.05 bits per heavy atom. The number of benzene rings is 1. The van der Waals surface area contributed by atoms with E-state index in [-0.39, 0.29) is 11.4 Å². The van der Waals surface area contributed by atoms with Gasteiger partial charge in [0.15, 0.2) is 0 Å². The summed E-state index contributed by atoms with van der Waals surface area (Å²) in [6.45, 7) is 6.63. The Labute approximate surface area is 132 Å². The van der Waals surface area contributed by atoms with E-state index >= 15 is 0 Å². The van der Waals surface area contributed by atoms with Crippen molar-refractivity contribution in [1.82, 2.24) is 10.3 Å². The lowest BCUT2D eigenvalue weighted by Gasteiger charge is -2.21. The monoisotopic (exact) mass is 352 g/mol. The second-order valence-corrected chi connectivity index (χ2v) is 6.70. The van der Waals surface area contributed by atoms with E-state index in [4.69, 9.17) is 4.74 Å². The molecular formula is C16H18BrFN2O. The van der Waals surface area contributed by atoms with Crippen molar-refractivity contribution in [3.05, 3.63) is 52.4 Å². The van der Waals surface area contributed by atoms with Crippen molar-refractivity contribution in [3.8, 4) is 11.6 Å². The molecule has 0 amide bonds. The molecular weight excluding hydrogens is 335 g/mol. The van der Waals surface area contributed by atoms with E-state index in [1.165, 1.54) is 6.07 Å². The Hall–Kier alpha value is -1.46. The lowest BCUT2D eigenvalue weighted by atomic mass is 10.1. The van der Waals surface area contributed by atoms with Gasteiger partial charge in [0, 0.05) is 22.1 Å². The van der Waals surface area contributed by atoms with Crippen LogP contribution in [0.15, 0.2) is 41.0 Å². The summed E-state index contributed by atoms with van der Waals surface area (Å²) in [6, 6.07) is 8.89. The predicted octanol–water partition coefficient (Wildman–Crippen LogP) is 4.66. The van der Waals surface area contributed by atoms with E-state index < -0.39 is 0 Å². The molecule has 0 atom stereocenters. The number of aromatic nitrogens is 1. The van der Waals surface area contributed by atoms with Crippen LogP contribution in [0.4, 0.5) is 4.39 Å². The maximum absolute atomic E-state index is 13.4. The van der Waals surface area contributed by atoms with Crippen LogP contribution >= 0.6 is 15.9 Å². The van der Waals surface area contributed by atoms with Crippen LogP contribution in [0.1, 0.15) is 26.3 Å². The first-order valence-electron chi connectivity index (χ1n) is 6.66. The number of pyridine rings is 1. The van der Waals surface area contributed by atoms with Crippen molar-refractivity contribution in [1.29, 1.82) is 0 Å². The molecule has 0 spiro atoms. The van der Waals surface area contributed by atoms with Gasteiger partial charge in [-0.1, -0.05) is 22.0 Å². The fraction of sp³-hybridized carbons (Fsp3) is 0.312. The van der Waals surface area contributed by atoms with Crippen LogP contribution < -0.4 is 10.1 Å². The lowest BCUT2D eigenvalue weighted by Crippen LogP contribution is -2.35. The highest BCUT2D eigenvalue weighted by Crippen LogP contribution is 2.26. The summed E-state index contributed by atoms with van der Waals surface area (Å²) in [5.41, 5.74) is 0.615. The molecule has 112 valence electrons. The van der Waals surface area contributed by atoms with Crippen molar-refractivity contribution >= 4 is 15.9 Å². The first-order valence-corrected chi connectivity index (χ1v) is 7.46. The molecule has 3 nitrogen and oxygen atoms in total. The minimum Gasteiger partial charge on any atom is -0.439 e. The number of nitrogens with one attached hydrogen (secondary N) is 1. The molecule has 0 bridgehead atoms. The van der Waals surface area contributed by atoms with Crippen LogP contribution in [0, 0.1) is 5.82 Å². The average Bonchev–Trinajstić information content (AvgIpc) is 2.38. The van der Waals surface area contributed by atoms with Gasteiger partial charge in [-0.3, -0.25) is 0 Å². The van der Waals surface area contributed by atoms with Crippen molar-refractivity contribution in [2.45, 2.75) is 32.9 Å². The summed E-state index contributed by atoms with van der Waals surface area (Å²) in [4.78, 5) is 4.05. The second kappa shape index (κ2) is 6.54. The molecule has 1 aromatic heterocycles. The molecule has 0 unspecified atom stereocenters. The second-order valence-electron chi connectivity index (χ2n) is 5.78. The first kappa shape index (κ1) is 15.9. The molecule has 1 N–H and O–H groups in total. The normalized spacial score (nSPS) is 11.5. The fourth-order valence-corrected chi connectivity index (χ4v) is 2.07. The summed E-state index contributed by atoms with van der Waals surface area (Å²) in [6.07, 6.45) is 1.16. The summed E-state index contributed by atoms with van der Waals surface area (Å²) in [5.74, 6) is 0.689. The molecule has 0 radical (unpaired) electrons. The molecule has 0 saturated heterocycles. The lowest BCUT2D eigenvalue weighted by molar-refractivity contribution is 0.407. The molecule has 0 aliphatic carbocycles. The molecule has 21 heavy (non-hydrogen) atoms. The maximum Gasteiger partial charge on any atom is 0.223 e. The summed E-state index contributed by atoms with van der Waals surface area (Å²) in [5, 5.41) is 3.31. The zero-order valence-electron chi connectivity index (χ0n) is 12.3. The third-order valence-electron chi connectivity index (χ3n) is 2.71. The summed E-state index contributed by atoms with van der Waals surface area (Å²) in [7, 11) is 0. The Morgan fingerprint density at radius 1 is 1.29 bits per heavy atom. The zero-order chi connectivity index (χ0) is 15.5. The first-order chi connectivity index (χ1) is 9.83. The Bertz CT molecular complexity index is 626. The molecule has 5 heteroatoms. The van der Waals surface area contributed by atoms with Crippen molar-refractivity contribution in [3.63, 3.8) is 0 Å². The van der Waals surface area contributed by atoms with Crippen LogP contribution in [0.25, 0.3) is 0 Å².